The third-order valence-corrected chi connectivity index (χ3v) is 2.45. The molecule has 0 radical (unpaired) electrons. The van der Waals surface area contributed by atoms with Gasteiger partial charge in [0.15, 0.2) is 0 Å². The highest BCUT2D eigenvalue weighted by Crippen LogP contribution is 2.20. The Bertz CT molecular complexity index is 598. The quantitative estimate of drug-likeness (QED) is 0.828. The number of rotatable bonds is 2. The molecule has 3 nitrogen and oxygen atoms in total. The molecule has 1 aromatic heterocycles. The maximum Gasteiger partial charge on any atom is 0.290 e. The normalized spacial score (nSPS) is 10.8. The molecular weight excluding hydrogens is 250 g/mol. The first-order valence-electron chi connectivity index (χ1n) is 4.72. The Hall–Kier alpha value is -1.75. The first-order chi connectivity index (χ1) is 8.09. The van der Waals surface area contributed by atoms with Gasteiger partial charge in [0.05, 0.1) is 5.69 Å². The molecule has 0 aliphatic rings. The average molecular weight is 257 g/mol. The molecule has 0 saturated heterocycles. The van der Waals surface area contributed by atoms with Crippen molar-refractivity contribution in [1.29, 1.82) is 0 Å². The fourth-order valence-corrected chi connectivity index (χ4v) is 1.50. The second-order valence-corrected chi connectivity index (χ2v) is 3.70. The number of alkyl halides is 2. The van der Waals surface area contributed by atoms with Crippen LogP contribution < -0.4 is 5.56 Å². The lowest BCUT2D eigenvalue weighted by Crippen LogP contribution is -2.20. The van der Waals surface area contributed by atoms with E-state index in [0.717, 1.165) is 4.68 Å². The minimum absolute atomic E-state index is 0.0116. The first-order valence-corrected chi connectivity index (χ1v) is 5.09. The smallest absolute Gasteiger partial charge is 0.266 e. The van der Waals surface area contributed by atoms with Gasteiger partial charge in [-0.1, -0.05) is 23.7 Å². The average Bonchev–Trinajstić information content (AvgIpc) is 2.33. The molecule has 6 heteroatoms. The molecule has 0 saturated carbocycles. The van der Waals surface area contributed by atoms with Crippen LogP contribution in [0.15, 0.2) is 41.3 Å². The van der Waals surface area contributed by atoms with E-state index in [1.165, 1.54) is 36.5 Å². The minimum atomic E-state index is -2.59. The van der Waals surface area contributed by atoms with E-state index in [1.807, 2.05) is 0 Å². The van der Waals surface area contributed by atoms with Crippen LogP contribution in [0, 0.1) is 0 Å². The van der Waals surface area contributed by atoms with Crippen molar-refractivity contribution in [3.8, 4) is 5.69 Å². The van der Waals surface area contributed by atoms with E-state index in [1.54, 1.807) is 0 Å². The summed E-state index contributed by atoms with van der Waals surface area (Å²) in [5, 5.41) is 3.77. The van der Waals surface area contributed by atoms with Crippen LogP contribution in [0.2, 0.25) is 5.02 Å². The number of benzene rings is 1. The molecule has 0 aliphatic carbocycles. The summed E-state index contributed by atoms with van der Waals surface area (Å²) < 4.78 is 26.0. The van der Waals surface area contributed by atoms with E-state index in [4.69, 9.17) is 11.6 Å². The summed E-state index contributed by atoms with van der Waals surface area (Å²) in [6.07, 6.45) is -1.26. The van der Waals surface area contributed by atoms with Gasteiger partial charge >= 0.3 is 0 Å². The van der Waals surface area contributed by atoms with E-state index in [0.29, 0.717) is 0 Å². The highest BCUT2D eigenvalue weighted by Gasteiger charge is 2.09. The molecule has 0 N–H and O–H groups in total. The molecule has 0 amide bonds. The molecule has 0 fully saturated rings. The summed E-state index contributed by atoms with van der Waals surface area (Å²) >= 11 is 5.64. The van der Waals surface area contributed by atoms with Gasteiger partial charge in [0.1, 0.15) is 5.02 Å². The van der Waals surface area contributed by atoms with Gasteiger partial charge in [-0.05, 0) is 18.2 Å². The number of aromatic nitrogens is 2. The van der Waals surface area contributed by atoms with Crippen molar-refractivity contribution in [2.45, 2.75) is 6.43 Å². The van der Waals surface area contributed by atoms with Gasteiger partial charge < -0.3 is 0 Å². The topological polar surface area (TPSA) is 34.9 Å². The zero-order valence-corrected chi connectivity index (χ0v) is 9.23. The van der Waals surface area contributed by atoms with Gasteiger partial charge in [-0.2, -0.15) is 9.78 Å². The van der Waals surface area contributed by atoms with Crippen molar-refractivity contribution in [2.24, 2.45) is 0 Å². The summed E-state index contributed by atoms with van der Waals surface area (Å²) in [4.78, 5) is 11.6. The molecule has 0 bridgehead atoms. The number of nitrogens with zero attached hydrogens (tertiary/aromatic N) is 2. The SMILES string of the molecule is O=c1c(Cl)ccnn1-c1cccc(C(F)F)c1. The summed E-state index contributed by atoms with van der Waals surface area (Å²) in [6.45, 7) is 0. The number of hydrogen-bond acceptors (Lipinski definition) is 2. The Labute approximate surface area is 100 Å². The van der Waals surface area contributed by atoms with Crippen molar-refractivity contribution in [3.05, 3.63) is 57.5 Å². The van der Waals surface area contributed by atoms with E-state index < -0.39 is 12.0 Å². The van der Waals surface area contributed by atoms with Gasteiger partial charge in [0.25, 0.3) is 12.0 Å². The molecule has 1 heterocycles. The molecule has 2 aromatic rings. The van der Waals surface area contributed by atoms with Gasteiger partial charge in [-0.15, -0.1) is 0 Å². The van der Waals surface area contributed by atoms with Crippen LogP contribution in [0.25, 0.3) is 5.69 Å². The van der Waals surface area contributed by atoms with Crippen molar-refractivity contribution in [1.82, 2.24) is 9.78 Å². The van der Waals surface area contributed by atoms with E-state index in [-0.39, 0.29) is 16.3 Å². The van der Waals surface area contributed by atoms with Crippen LogP contribution >= 0.6 is 11.6 Å². The zero-order chi connectivity index (χ0) is 12.4. The van der Waals surface area contributed by atoms with Crippen LogP contribution in [0.1, 0.15) is 12.0 Å². The fourth-order valence-electron chi connectivity index (χ4n) is 1.37. The first kappa shape index (κ1) is 11.7. The van der Waals surface area contributed by atoms with Crippen LogP contribution in [0.3, 0.4) is 0 Å². The minimum Gasteiger partial charge on any atom is -0.266 e. The molecule has 2 rings (SSSR count). The van der Waals surface area contributed by atoms with E-state index in [9.17, 15) is 13.6 Å². The van der Waals surface area contributed by atoms with Crippen LogP contribution in [0.4, 0.5) is 8.78 Å². The summed E-state index contributed by atoms with van der Waals surface area (Å²) in [7, 11) is 0. The van der Waals surface area contributed by atoms with Crippen molar-refractivity contribution in [3.63, 3.8) is 0 Å². The lowest BCUT2D eigenvalue weighted by atomic mass is 10.2. The third kappa shape index (κ3) is 2.34. The van der Waals surface area contributed by atoms with Crippen LogP contribution in [-0.2, 0) is 0 Å². The molecule has 1 aromatic carbocycles. The molecule has 0 aliphatic heterocycles. The highest BCUT2D eigenvalue weighted by molar-refractivity contribution is 6.30. The number of halogens is 3. The Morgan fingerprint density at radius 2 is 2.06 bits per heavy atom. The molecular formula is C11H7ClF2N2O. The van der Waals surface area contributed by atoms with Gasteiger partial charge in [0, 0.05) is 11.8 Å². The molecule has 0 spiro atoms. The maximum absolute atomic E-state index is 12.5. The molecule has 0 atom stereocenters. The Morgan fingerprint density at radius 1 is 1.29 bits per heavy atom. The Morgan fingerprint density at radius 3 is 2.76 bits per heavy atom. The second kappa shape index (κ2) is 4.63. The zero-order valence-electron chi connectivity index (χ0n) is 8.48. The monoisotopic (exact) mass is 256 g/mol. The predicted octanol–water partition coefficient (Wildman–Crippen LogP) is 2.82. The lowest BCUT2D eigenvalue weighted by molar-refractivity contribution is 0.151. The van der Waals surface area contributed by atoms with Gasteiger partial charge in [-0.25, -0.2) is 8.78 Å². The van der Waals surface area contributed by atoms with Gasteiger partial charge in [0.2, 0.25) is 0 Å². The second-order valence-electron chi connectivity index (χ2n) is 3.29. The Kier molecular flexibility index (Phi) is 3.19. The Balaban J connectivity index is 2.57. The van der Waals surface area contributed by atoms with Crippen molar-refractivity contribution in [2.75, 3.05) is 0 Å². The molecule has 17 heavy (non-hydrogen) atoms. The fraction of sp³-hybridized carbons (Fsp3) is 0.0909. The summed E-state index contributed by atoms with van der Waals surface area (Å²) in [5.41, 5.74) is -0.452. The lowest BCUT2D eigenvalue weighted by Gasteiger charge is -2.06. The highest BCUT2D eigenvalue weighted by atomic mass is 35.5. The van der Waals surface area contributed by atoms with Crippen LogP contribution in [-0.4, -0.2) is 9.78 Å². The van der Waals surface area contributed by atoms with Crippen molar-refractivity contribution < 1.29 is 8.78 Å². The summed E-state index contributed by atoms with van der Waals surface area (Å²) in [5.74, 6) is 0. The van der Waals surface area contributed by atoms with Crippen LogP contribution in [0.5, 0.6) is 0 Å². The largest absolute Gasteiger partial charge is 0.290 e. The van der Waals surface area contributed by atoms with E-state index >= 15 is 0 Å². The van der Waals surface area contributed by atoms with Gasteiger partial charge in [-0.3, -0.25) is 4.79 Å². The molecule has 0 unspecified atom stereocenters. The third-order valence-electron chi connectivity index (χ3n) is 2.17. The standard InChI is InChI=1S/C11H7ClF2N2O/c12-9-4-5-15-16(11(9)17)8-3-1-2-7(6-8)10(13)14/h1-6,10H. The number of hydrogen-bond donors (Lipinski definition) is 0. The summed E-state index contributed by atoms with van der Waals surface area (Å²) in [6, 6.07) is 6.78. The van der Waals surface area contributed by atoms with E-state index in [2.05, 4.69) is 5.10 Å². The molecule has 88 valence electrons. The predicted molar refractivity (Wildman–Crippen MR) is 59.8 cm³/mol. The maximum atomic E-state index is 12.5. The van der Waals surface area contributed by atoms with Crippen molar-refractivity contribution >= 4 is 11.6 Å².